The zero-order valence-electron chi connectivity index (χ0n) is 9.90. The van der Waals surface area contributed by atoms with Gasteiger partial charge >= 0.3 is 0 Å². The largest absolute Gasteiger partial charge is 0.366 e. The molecule has 2 aromatic rings. The van der Waals surface area contributed by atoms with Crippen molar-refractivity contribution in [2.24, 2.45) is 0 Å². The first-order valence-corrected chi connectivity index (χ1v) is 6.64. The van der Waals surface area contributed by atoms with Crippen LogP contribution in [0.4, 0.5) is 17.5 Å². The van der Waals surface area contributed by atoms with E-state index in [4.69, 9.17) is 23.2 Å². The molecule has 1 aromatic heterocycles. The van der Waals surface area contributed by atoms with Crippen LogP contribution in [0.25, 0.3) is 0 Å². The SMILES string of the molecule is Clc1cc(Cl)cc(Nc2nncc(NC3CC3)n2)c1. The minimum Gasteiger partial charge on any atom is -0.366 e. The molecule has 19 heavy (non-hydrogen) atoms. The van der Waals surface area contributed by atoms with Gasteiger partial charge in [0, 0.05) is 21.8 Å². The Balaban J connectivity index is 1.77. The van der Waals surface area contributed by atoms with Gasteiger partial charge in [0.25, 0.3) is 0 Å². The summed E-state index contributed by atoms with van der Waals surface area (Å²) in [5.74, 6) is 1.12. The summed E-state index contributed by atoms with van der Waals surface area (Å²) in [7, 11) is 0. The lowest BCUT2D eigenvalue weighted by Crippen LogP contribution is -2.06. The van der Waals surface area contributed by atoms with E-state index in [1.807, 2.05) is 0 Å². The second-order valence-corrected chi connectivity index (χ2v) is 5.24. The summed E-state index contributed by atoms with van der Waals surface area (Å²) >= 11 is 11.9. The molecule has 0 amide bonds. The molecule has 0 radical (unpaired) electrons. The van der Waals surface area contributed by atoms with E-state index in [2.05, 4.69) is 25.8 Å². The standard InChI is InChI=1S/C12H11Cl2N5/c13-7-3-8(14)5-10(4-7)17-12-18-11(6-15-19-12)16-9-1-2-9/h3-6,9H,1-2H2,(H2,16,17,18,19). The number of nitrogens with zero attached hydrogens (tertiary/aromatic N) is 3. The highest BCUT2D eigenvalue weighted by Gasteiger charge is 2.21. The molecule has 7 heteroatoms. The summed E-state index contributed by atoms with van der Waals surface area (Å²) in [6, 6.07) is 5.68. The zero-order valence-corrected chi connectivity index (χ0v) is 11.4. The van der Waals surface area contributed by atoms with E-state index >= 15 is 0 Å². The average Bonchev–Trinajstić information content (AvgIpc) is 3.12. The van der Waals surface area contributed by atoms with Gasteiger partial charge < -0.3 is 10.6 Å². The minimum atomic E-state index is 0.406. The third-order valence-corrected chi connectivity index (χ3v) is 3.04. The van der Waals surface area contributed by atoms with Crippen LogP contribution < -0.4 is 10.6 Å². The van der Waals surface area contributed by atoms with Crippen molar-refractivity contribution in [2.45, 2.75) is 18.9 Å². The molecule has 0 unspecified atom stereocenters. The molecule has 0 atom stereocenters. The average molecular weight is 296 g/mol. The molecule has 98 valence electrons. The smallest absolute Gasteiger partial charge is 0.249 e. The van der Waals surface area contributed by atoms with Crippen LogP contribution in [0.2, 0.25) is 10.0 Å². The maximum Gasteiger partial charge on any atom is 0.249 e. The summed E-state index contributed by atoms with van der Waals surface area (Å²) in [5.41, 5.74) is 0.725. The highest BCUT2D eigenvalue weighted by Crippen LogP contribution is 2.25. The molecule has 3 rings (SSSR count). The summed E-state index contributed by atoms with van der Waals surface area (Å²) < 4.78 is 0. The van der Waals surface area contributed by atoms with Crippen LogP contribution in [0.15, 0.2) is 24.4 Å². The Morgan fingerprint density at radius 2 is 1.84 bits per heavy atom. The molecule has 1 fully saturated rings. The molecule has 0 bridgehead atoms. The van der Waals surface area contributed by atoms with Crippen molar-refractivity contribution in [3.63, 3.8) is 0 Å². The Morgan fingerprint density at radius 3 is 2.53 bits per heavy atom. The lowest BCUT2D eigenvalue weighted by Gasteiger charge is -2.07. The lowest BCUT2D eigenvalue weighted by molar-refractivity contribution is 0.965. The topological polar surface area (TPSA) is 62.7 Å². The van der Waals surface area contributed by atoms with Crippen molar-refractivity contribution in [1.29, 1.82) is 0 Å². The van der Waals surface area contributed by atoms with Gasteiger partial charge in [0.2, 0.25) is 5.95 Å². The molecule has 1 heterocycles. The van der Waals surface area contributed by atoms with Crippen LogP contribution in [0.1, 0.15) is 12.8 Å². The van der Waals surface area contributed by atoms with E-state index in [1.54, 1.807) is 24.4 Å². The molecule has 1 aliphatic carbocycles. The highest BCUT2D eigenvalue weighted by atomic mass is 35.5. The van der Waals surface area contributed by atoms with Gasteiger partial charge in [-0.25, -0.2) is 0 Å². The molecule has 2 N–H and O–H groups in total. The van der Waals surface area contributed by atoms with Gasteiger partial charge in [-0.05, 0) is 31.0 Å². The number of hydrogen-bond donors (Lipinski definition) is 2. The van der Waals surface area contributed by atoms with Gasteiger partial charge in [0.1, 0.15) is 0 Å². The number of rotatable bonds is 4. The molecule has 0 aliphatic heterocycles. The van der Waals surface area contributed by atoms with Crippen LogP contribution in [0, 0.1) is 0 Å². The molecule has 1 saturated carbocycles. The van der Waals surface area contributed by atoms with Gasteiger partial charge in [-0.2, -0.15) is 10.1 Å². The first-order chi connectivity index (χ1) is 9.19. The number of anilines is 3. The van der Waals surface area contributed by atoms with Crippen LogP contribution in [0.5, 0.6) is 0 Å². The third-order valence-electron chi connectivity index (χ3n) is 2.61. The summed E-state index contributed by atoms with van der Waals surface area (Å²) in [6.07, 6.45) is 3.96. The maximum atomic E-state index is 5.93. The fourth-order valence-electron chi connectivity index (χ4n) is 1.62. The molecular weight excluding hydrogens is 285 g/mol. The molecule has 1 aromatic carbocycles. The van der Waals surface area contributed by atoms with Crippen LogP contribution >= 0.6 is 23.2 Å². The second-order valence-electron chi connectivity index (χ2n) is 4.37. The van der Waals surface area contributed by atoms with Crippen molar-refractivity contribution in [3.8, 4) is 0 Å². The maximum absolute atomic E-state index is 5.93. The zero-order chi connectivity index (χ0) is 13.2. The first kappa shape index (κ1) is 12.4. The normalized spacial score (nSPS) is 14.2. The fourth-order valence-corrected chi connectivity index (χ4v) is 2.14. The molecule has 0 saturated heterocycles. The lowest BCUT2D eigenvalue weighted by atomic mass is 10.3. The highest BCUT2D eigenvalue weighted by molar-refractivity contribution is 6.35. The van der Waals surface area contributed by atoms with E-state index in [9.17, 15) is 0 Å². The number of halogens is 2. The Bertz CT molecular complexity index is 580. The monoisotopic (exact) mass is 295 g/mol. The quantitative estimate of drug-likeness (QED) is 0.904. The first-order valence-electron chi connectivity index (χ1n) is 5.88. The minimum absolute atomic E-state index is 0.406. The second kappa shape index (κ2) is 5.19. The van der Waals surface area contributed by atoms with E-state index in [-0.39, 0.29) is 0 Å². The Morgan fingerprint density at radius 1 is 1.11 bits per heavy atom. The number of nitrogens with one attached hydrogen (secondary N) is 2. The predicted molar refractivity (Wildman–Crippen MR) is 76.2 cm³/mol. The number of hydrogen-bond acceptors (Lipinski definition) is 5. The van der Waals surface area contributed by atoms with Crippen LogP contribution in [-0.4, -0.2) is 21.2 Å². The van der Waals surface area contributed by atoms with E-state index < -0.39 is 0 Å². The Kier molecular flexibility index (Phi) is 3.40. The predicted octanol–water partition coefficient (Wildman–Crippen LogP) is 3.50. The van der Waals surface area contributed by atoms with Crippen molar-refractivity contribution in [3.05, 3.63) is 34.4 Å². The van der Waals surface area contributed by atoms with Crippen molar-refractivity contribution >= 4 is 40.7 Å². The Hall–Kier alpha value is -1.59. The summed E-state index contributed by atoms with van der Waals surface area (Å²) in [6.45, 7) is 0. The van der Waals surface area contributed by atoms with Crippen LogP contribution in [-0.2, 0) is 0 Å². The Labute approximate surface area is 120 Å². The molecule has 0 spiro atoms. The molecule has 5 nitrogen and oxygen atoms in total. The molecular formula is C12H11Cl2N5. The van der Waals surface area contributed by atoms with E-state index in [0.29, 0.717) is 27.9 Å². The van der Waals surface area contributed by atoms with Crippen molar-refractivity contribution in [1.82, 2.24) is 15.2 Å². The fraction of sp³-hybridized carbons (Fsp3) is 0.250. The van der Waals surface area contributed by atoms with Crippen LogP contribution in [0.3, 0.4) is 0 Å². The van der Waals surface area contributed by atoms with Crippen molar-refractivity contribution < 1.29 is 0 Å². The van der Waals surface area contributed by atoms with Crippen molar-refractivity contribution in [2.75, 3.05) is 10.6 Å². The van der Waals surface area contributed by atoms with Gasteiger partial charge in [-0.1, -0.05) is 23.2 Å². The van der Waals surface area contributed by atoms with Gasteiger partial charge in [0.05, 0.1) is 6.20 Å². The van der Waals surface area contributed by atoms with Gasteiger partial charge in [-0.15, -0.1) is 5.10 Å². The summed E-state index contributed by atoms with van der Waals surface area (Å²) in [4.78, 5) is 4.33. The number of aromatic nitrogens is 3. The third kappa shape index (κ3) is 3.45. The van der Waals surface area contributed by atoms with Gasteiger partial charge in [0.15, 0.2) is 5.82 Å². The molecule has 1 aliphatic rings. The van der Waals surface area contributed by atoms with E-state index in [0.717, 1.165) is 5.69 Å². The van der Waals surface area contributed by atoms with E-state index in [1.165, 1.54) is 12.8 Å². The van der Waals surface area contributed by atoms with Gasteiger partial charge in [-0.3, -0.25) is 0 Å². The number of benzene rings is 1. The summed E-state index contributed by atoms with van der Waals surface area (Å²) in [5, 5.41) is 15.2.